The van der Waals surface area contributed by atoms with Crippen LogP contribution in [0.2, 0.25) is 0 Å². The number of carbonyl (C=O) groups is 2. The van der Waals surface area contributed by atoms with Crippen molar-refractivity contribution >= 4 is 24.4 Å². The molecule has 1 aromatic carbocycles. The number of hydrogen-bond acceptors (Lipinski definition) is 3. The Morgan fingerprint density at radius 1 is 1.44 bits per heavy atom. The molecule has 1 aromatic rings. The van der Waals surface area contributed by atoms with Gasteiger partial charge in [0, 0.05) is 23.5 Å². The van der Waals surface area contributed by atoms with Crippen molar-refractivity contribution < 1.29 is 14.0 Å². The summed E-state index contributed by atoms with van der Waals surface area (Å²) in [6.45, 7) is 0.819. The van der Waals surface area contributed by atoms with Gasteiger partial charge in [-0.15, -0.1) is 12.6 Å². The summed E-state index contributed by atoms with van der Waals surface area (Å²) < 4.78 is 13.0. The van der Waals surface area contributed by atoms with Gasteiger partial charge < -0.3 is 10.6 Å². The Bertz CT molecular complexity index is 507. The van der Waals surface area contributed by atoms with Gasteiger partial charge in [0.05, 0.1) is 5.92 Å². The fraction of sp³-hybridized carbons (Fsp3) is 0.333. The van der Waals surface area contributed by atoms with E-state index in [9.17, 15) is 14.0 Å². The topological polar surface area (TPSA) is 63.4 Å². The maximum absolute atomic E-state index is 13.0. The molecule has 1 fully saturated rings. The molecule has 2 rings (SSSR count). The van der Waals surface area contributed by atoms with Crippen LogP contribution in [0.15, 0.2) is 23.1 Å². The van der Waals surface area contributed by atoms with Gasteiger partial charge in [-0.05, 0) is 24.6 Å². The molecule has 0 saturated carbocycles. The molecule has 0 aliphatic carbocycles. The monoisotopic (exact) mass is 268 g/mol. The first-order valence-corrected chi connectivity index (χ1v) is 6.01. The van der Waals surface area contributed by atoms with E-state index in [0.29, 0.717) is 25.1 Å². The molecule has 2 amide bonds. The minimum Gasteiger partial charge on any atom is -0.369 e. The summed E-state index contributed by atoms with van der Waals surface area (Å²) in [5.41, 5.74) is 5.57. The Labute approximate surface area is 109 Å². The van der Waals surface area contributed by atoms with Crippen LogP contribution in [0.25, 0.3) is 0 Å². The van der Waals surface area contributed by atoms with Crippen molar-refractivity contribution in [1.29, 1.82) is 0 Å². The number of halogens is 1. The molecule has 1 heterocycles. The van der Waals surface area contributed by atoms with Gasteiger partial charge in [-0.2, -0.15) is 0 Å². The summed E-state index contributed by atoms with van der Waals surface area (Å²) in [4.78, 5) is 24.8. The van der Waals surface area contributed by atoms with E-state index in [1.165, 1.54) is 18.2 Å². The number of nitrogens with two attached hydrogens (primary N) is 1. The van der Waals surface area contributed by atoms with E-state index in [1.54, 1.807) is 4.90 Å². The van der Waals surface area contributed by atoms with Crippen LogP contribution in [-0.4, -0.2) is 29.8 Å². The predicted molar refractivity (Wildman–Crippen MR) is 66.9 cm³/mol. The molecule has 0 radical (unpaired) electrons. The third kappa shape index (κ3) is 2.48. The van der Waals surface area contributed by atoms with E-state index in [1.807, 2.05) is 0 Å². The molecule has 4 nitrogen and oxygen atoms in total. The number of nitrogens with zero attached hydrogens (tertiary/aromatic N) is 1. The highest BCUT2D eigenvalue weighted by molar-refractivity contribution is 7.80. The summed E-state index contributed by atoms with van der Waals surface area (Å²) in [7, 11) is 0. The molecular weight excluding hydrogens is 255 g/mol. The summed E-state index contributed by atoms with van der Waals surface area (Å²) >= 11 is 3.94. The number of benzene rings is 1. The smallest absolute Gasteiger partial charge is 0.253 e. The lowest BCUT2D eigenvalue weighted by molar-refractivity contribution is -0.121. The van der Waals surface area contributed by atoms with E-state index in [-0.39, 0.29) is 22.6 Å². The normalized spacial score (nSPS) is 19.0. The van der Waals surface area contributed by atoms with Crippen LogP contribution in [0, 0.1) is 11.7 Å². The molecule has 1 saturated heterocycles. The Kier molecular flexibility index (Phi) is 3.56. The Hall–Kier alpha value is -1.56. The summed E-state index contributed by atoms with van der Waals surface area (Å²) in [6, 6.07) is 4.00. The molecule has 0 aromatic heterocycles. The van der Waals surface area contributed by atoms with Crippen LogP contribution in [0.4, 0.5) is 4.39 Å². The summed E-state index contributed by atoms with van der Waals surface area (Å²) in [6.07, 6.45) is 0.579. The second kappa shape index (κ2) is 4.97. The first-order valence-electron chi connectivity index (χ1n) is 5.56. The quantitative estimate of drug-likeness (QED) is 0.788. The van der Waals surface area contributed by atoms with Gasteiger partial charge in [0.15, 0.2) is 0 Å². The highest BCUT2D eigenvalue weighted by atomic mass is 32.1. The van der Waals surface area contributed by atoms with Crippen molar-refractivity contribution in [2.45, 2.75) is 11.3 Å². The molecule has 6 heteroatoms. The molecule has 1 aliphatic rings. The zero-order chi connectivity index (χ0) is 13.3. The molecular formula is C12H13FN2O2S. The molecule has 2 N–H and O–H groups in total. The van der Waals surface area contributed by atoms with Crippen LogP contribution in [0.3, 0.4) is 0 Å². The molecule has 18 heavy (non-hydrogen) atoms. The van der Waals surface area contributed by atoms with Gasteiger partial charge in [-0.3, -0.25) is 9.59 Å². The number of carbonyl (C=O) groups excluding carboxylic acids is 2. The Balaban J connectivity index is 2.12. The third-order valence-corrected chi connectivity index (χ3v) is 3.41. The fourth-order valence-electron chi connectivity index (χ4n) is 2.01. The second-order valence-corrected chi connectivity index (χ2v) is 4.79. The minimum absolute atomic E-state index is 0.131. The average molecular weight is 268 g/mol. The van der Waals surface area contributed by atoms with Gasteiger partial charge in [-0.1, -0.05) is 0 Å². The van der Waals surface area contributed by atoms with Crippen molar-refractivity contribution in [2.75, 3.05) is 13.1 Å². The van der Waals surface area contributed by atoms with Crippen molar-refractivity contribution in [2.24, 2.45) is 11.7 Å². The number of rotatable bonds is 2. The summed E-state index contributed by atoms with van der Waals surface area (Å²) in [5, 5.41) is 0. The zero-order valence-electron chi connectivity index (χ0n) is 9.60. The van der Waals surface area contributed by atoms with E-state index in [2.05, 4.69) is 12.6 Å². The summed E-state index contributed by atoms with van der Waals surface area (Å²) in [5.74, 6) is -1.37. The maximum Gasteiger partial charge on any atom is 0.253 e. The average Bonchev–Trinajstić information content (AvgIpc) is 2.81. The number of thiol groups is 1. The molecule has 1 atom stereocenters. The standard InChI is InChI=1S/C12H13FN2O2S/c13-9-2-1-7(5-10(9)18)12(17)15-4-3-8(6-15)11(14)16/h1-2,5,8,18H,3-4,6H2,(H2,14,16). The van der Waals surface area contributed by atoms with Gasteiger partial charge in [0.1, 0.15) is 5.82 Å². The second-order valence-electron chi connectivity index (χ2n) is 4.31. The molecule has 96 valence electrons. The zero-order valence-corrected chi connectivity index (χ0v) is 10.5. The molecule has 0 spiro atoms. The van der Waals surface area contributed by atoms with Crippen LogP contribution < -0.4 is 5.73 Å². The Morgan fingerprint density at radius 3 is 2.72 bits per heavy atom. The van der Waals surface area contributed by atoms with Gasteiger partial charge >= 0.3 is 0 Å². The molecule has 1 unspecified atom stereocenters. The SMILES string of the molecule is NC(=O)C1CCN(C(=O)c2ccc(F)c(S)c2)C1. The lowest BCUT2D eigenvalue weighted by Gasteiger charge is -2.16. The largest absolute Gasteiger partial charge is 0.369 e. The van der Waals surface area contributed by atoms with Crippen LogP contribution in [-0.2, 0) is 4.79 Å². The lowest BCUT2D eigenvalue weighted by Crippen LogP contribution is -2.31. The minimum atomic E-state index is -0.466. The third-order valence-electron chi connectivity index (χ3n) is 3.07. The van der Waals surface area contributed by atoms with Crippen molar-refractivity contribution in [1.82, 2.24) is 4.90 Å². The van der Waals surface area contributed by atoms with E-state index >= 15 is 0 Å². The van der Waals surface area contributed by atoms with Crippen molar-refractivity contribution in [3.63, 3.8) is 0 Å². The first kappa shape index (κ1) is 12.9. The van der Waals surface area contributed by atoms with Gasteiger partial charge in [0.2, 0.25) is 5.91 Å². The van der Waals surface area contributed by atoms with Gasteiger partial charge in [0.25, 0.3) is 5.91 Å². The number of amides is 2. The lowest BCUT2D eigenvalue weighted by atomic mass is 10.1. The maximum atomic E-state index is 13.0. The van der Waals surface area contributed by atoms with E-state index in [0.717, 1.165) is 0 Å². The molecule has 0 bridgehead atoms. The Morgan fingerprint density at radius 2 is 2.17 bits per heavy atom. The van der Waals surface area contributed by atoms with Crippen LogP contribution >= 0.6 is 12.6 Å². The number of primary amides is 1. The van der Waals surface area contributed by atoms with Crippen LogP contribution in [0.1, 0.15) is 16.8 Å². The van der Waals surface area contributed by atoms with Crippen LogP contribution in [0.5, 0.6) is 0 Å². The van der Waals surface area contributed by atoms with Crippen molar-refractivity contribution in [3.05, 3.63) is 29.6 Å². The number of hydrogen-bond donors (Lipinski definition) is 2. The predicted octanol–water partition coefficient (Wildman–Crippen LogP) is 1.06. The first-order chi connectivity index (χ1) is 8.49. The number of likely N-dealkylation sites (tertiary alicyclic amines) is 1. The van der Waals surface area contributed by atoms with Gasteiger partial charge in [-0.25, -0.2) is 4.39 Å². The fourth-order valence-corrected chi connectivity index (χ4v) is 2.22. The van der Waals surface area contributed by atoms with Crippen molar-refractivity contribution in [3.8, 4) is 0 Å². The highest BCUT2D eigenvalue weighted by Crippen LogP contribution is 2.20. The van der Waals surface area contributed by atoms with E-state index < -0.39 is 5.82 Å². The molecule has 1 aliphatic heterocycles. The highest BCUT2D eigenvalue weighted by Gasteiger charge is 2.30. The van der Waals surface area contributed by atoms with E-state index in [4.69, 9.17) is 5.73 Å².